The van der Waals surface area contributed by atoms with Crippen LogP contribution in [0.2, 0.25) is 0 Å². The van der Waals surface area contributed by atoms with Crippen molar-refractivity contribution in [2.24, 2.45) is 0 Å². The van der Waals surface area contributed by atoms with Gasteiger partial charge < -0.3 is 20.8 Å². The number of hydrogen-bond acceptors (Lipinski definition) is 7. The molecule has 2 aromatic heterocycles. The van der Waals surface area contributed by atoms with Crippen LogP contribution in [0.5, 0.6) is 0 Å². The van der Waals surface area contributed by atoms with E-state index in [9.17, 15) is 24.3 Å². The number of aromatic nitrogens is 2. The number of carbonyl (C=O) groups is 4. The molecule has 0 fully saturated rings. The van der Waals surface area contributed by atoms with Crippen LogP contribution in [0.4, 0.5) is 11.4 Å². The van der Waals surface area contributed by atoms with E-state index >= 15 is 0 Å². The van der Waals surface area contributed by atoms with Crippen LogP contribution in [0, 0.1) is 0 Å². The summed E-state index contributed by atoms with van der Waals surface area (Å²) in [6.07, 6.45) is 5.98. The molecule has 2 amide bonds. The first-order chi connectivity index (χ1) is 22.3. The van der Waals surface area contributed by atoms with Gasteiger partial charge in [-0.3, -0.25) is 29.1 Å². The number of amides is 2. The van der Waals surface area contributed by atoms with Crippen molar-refractivity contribution in [3.63, 3.8) is 0 Å². The van der Waals surface area contributed by atoms with Gasteiger partial charge in [0.05, 0.1) is 16.7 Å². The quantitative estimate of drug-likeness (QED) is 0.0900. The van der Waals surface area contributed by atoms with Gasteiger partial charge in [-0.05, 0) is 48.7 Å². The number of Topliss-reactive ketones (excluding diaryl/α,β-unsaturated/α-hetero) is 1. The number of unbranched alkanes of at least 4 members (excludes halogenated alkanes) is 3. The third-order valence-corrected chi connectivity index (χ3v) is 7.81. The Labute approximate surface area is 265 Å². The maximum absolute atomic E-state index is 14.0. The number of benzene rings is 3. The molecule has 0 aliphatic rings. The normalized spacial score (nSPS) is 12.4. The number of fused-ring (bicyclic) bond motifs is 2. The molecule has 1 unspecified atom stereocenters. The molecule has 0 bridgehead atoms. The second kappa shape index (κ2) is 14.5. The average Bonchev–Trinajstić information content (AvgIpc) is 3.06. The molecule has 0 aliphatic carbocycles. The Balaban J connectivity index is 1.37. The van der Waals surface area contributed by atoms with Gasteiger partial charge in [0, 0.05) is 53.7 Å². The van der Waals surface area contributed by atoms with Crippen molar-refractivity contribution in [2.75, 3.05) is 10.6 Å². The summed E-state index contributed by atoms with van der Waals surface area (Å²) in [5.41, 5.74) is -0.113. The SMILES string of the molecule is O=C(O)CCCCCCC(=O)Nc1ccc(C(O)(C(=O)Cc2cccc3cccnc23)C(=O)Nc2cccc3cccnc23)cc1. The van der Waals surface area contributed by atoms with Crippen molar-refractivity contribution in [3.05, 3.63) is 108 Å². The average molecular weight is 619 g/mol. The molecule has 5 rings (SSSR count). The fraction of sp³-hybridized carbons (Fsp3) is 0.222. The van der Waals surface area contributed by atoms with Crippen LogP contribution in [-0.4, -0.2) is 43.7 Å². The molecule has 1 atom stereocenters. The molecule has 0 saturated heterocycles. The van der Waals surface area contributed by atoms with Gasteiger partial charge in [0.15, 0.2) is 5.78 Å². The van der Waals surface area contributed by atoms with E-state index in [2.05, 4.69) is 20.6 Å². The minimum atomic E-state index is -2.59. The van der Waals surface area contributed by atoms with Gasteiger partial charge in [0.2, 0.25) is 11.5 Å². The van der Waals surface area contributed by atoms with Crippen LogP contribution in [0.1, 0.15) is 49.7 Å². The molecule has 3 aromatic carbocycles. The molecule has 0 spiro atoms. The Hall–Kier alpha value is -5.48. The predicted octanol–water partition coefficient (Wildman–Crippen LogP) is 5.78. The number of hydrogen-bond donors (Lipinski definition) is 4. The topological polar surface area (TPSA) is 159 Å². The van der Waals surface area contributed by atoms with Crippen LogP contribution < -0.4 is 10.6 Å². The molecule has 5 aromatic rings. The monoisotopic (exact) mass is 618 g/mol. The van der Waals surface area contributed by atoms with Crippen molar-refractivity contribution in [2.45, 2.75) is 50.5 Å². The number of aliphatic hydroxyl groups is 1. The minimum Gasteiger partial charge on any atom is -0.481 e. The third kappa shape index (κ3) is 7.41. The van der Waals surface area contributed by atoms with Crippen molar-refractivity contribution in [1.29, 1.82) is 0 Å². The lowest BCUT2D eigenvalue weighted by Gasteiger charge is -2.27. The highest BCUT2D eigenvalue weighted by molar-refractivity contribution is 6.17. The van der Waals surface area contributed by atoms with Gasteiger partial charge in [-0.2, -0.15) is 0 Å². The van der Waals surface area contributed by atoms with Crippen LogP contribution in [-0.2, 0) is 31.2 Å². The van der Waals surface area contributed by atoms with E-state index in [1.54, 1.807) is 48.8 Å². The fourth-order valence-corrected chi connectivity index (χ4v) is 5.38. The summed E-state index contributed by atoms with van der Waals surface area (Å²) < 4.78 is 0. The summed E-state index contributed by atoms with van der Waals surface area (Å²) in [5, 5.41) is 27.9. The van der Waals surface area contributed by atoms with Crippen molar-refractivity contribution < 1.29 is 29.4 Å². The summed E-state index contributed by atoms with van der Waals surface area (Å²) in [6, 6.07) is 23.9. The first-order valence-electron chi connectivity index (χ1n) is 15.1. The van der Waals surface area contributed by atoms with Gasteiger partial charge in [0.25, 0.3) is 5.91 Å². The second-order valence-corrected chi connectivity index (χ2v) is 11.1. The Morgan fingerprint density at radius 2 is 1.28 bits per heavy atom. The summed E-state index contributed by atoms with van der Waals surface area (Å²) in [5.74, 6) is -2.75. The lowest BCUT2D eigenvalue weighted by Crippen LogP contribution is -2.48. The van der Waals surface area contributed by atoms with Gasteiger partial charge in [-0.25, -0.2) is 0 Å². The zero-order chi connectivity index (χ0) is 32.5. The number of aliphatic carboxylic acids is 1. The zero-order valence-electron chi connectivity index (χ0n) is 25.1. The molecule has 46 heavy (non-hydrogen) atoms. The molecule has 10 nitrogen and oxygen atoms in total. The fourth-order valence-electron chi connectivity index (χ4n) is 5.38. The van der Waals surface area contributed by atoms with Crippen LogP contribution in [0.25, 0.3) is 21.8 Å². The van der Waals surface area contributed by atoms with Crippen LogP contribution in [0.3, 0.4) is 0 Å². The summed E-state index contributed by atoms with van der Waals surface area (Å²) in [6.45, 7) is 0. The maximum atomic E-state index is 14.0. The Morgan fingerprint density at radius 1 is 0.674 bits per heavy atom. The third-order valence-electron chi connectivity index (χ3n) is 7.81. The van der Waals surface area contributed by atoms with Crippen molar-refractivity contribution in [3.8, 4) is 0 Å². The lowest BCUT2D eigenvalue weighted by molar-refractivity contribution is -0.149. The number of para-hydroxylation sites is 2. The molecular weight excluding hydrogens is 584 g/mol. The number of carboxylic acids is 1. The molecule has 2 heterocycles. The molecule has 4 N–H and O–H groups in total. The van der Waals surface area contributed by atoms with E-state index < -0.39 is 23.3 Å². The summed E-state index contributed by atoms with van der Waals surface area (Å²) in [4.78, 5) is 59.9. The maximum Gasteiger partial charge on any atom is 0.303 e. The van der Waals surface area contributed by atoms with E-state index in [1.807, 2.05) is 24.3 Å². The number of carboxylic acid groups (broad SMARTS) is 1. The Kier molecular flexibility index (Phi) is 10.1. The minimum absolute atomic E-state index is 0.0350. The number of anilines is 2. The van der Waals surface area contributed by atoms with E-state index in [0.29, 0.717) is 40.8 Å². The number of ketones is 1. The van der Waals surface area contributed by atoms with Gasteiger partial charge in [0.1, 0.15) is 0 Å². The largest absolute Gasteiger partial charge is 0.481 e. The first kappa shape index (κ1) is 31.9. The van der Waals surface area contributed by atoms with E-state index in [4.69, 9.17) is 5.11 Å². The highest BCUT2D eigenvalue weighted by atomic mass is 16.4. The van der Waals surface area contributed by atoms with Gasteiger partial charge in [-0.15, -0.1) is 0 Å². The number of rotatable bonds is 14. The van der Waals surface area contributed by atoms with Crippen LogP contribution in [0.15, 0.2) is 97.3 Å². The van der Waals surface area contributed by atoms with E-state index in [0.717, 1.165) is 23.6 Å². The molecular formula is C36H34N4O6. The number of nitrogens with zero attached hydrogens (tertiary/aromatic N) is 2. The molecule has 0 aliphatic heterocycles. The number of carbonyl (C=O) groups excluding carboxylic acids is 3. The summed E-state index contributed by atoms with van der Waals surface area (Å²) in [7, 11) is 0. The van der Waals surface area contributed by atoms with Gasteiger partial charge >= 0.3 is 5.97 Å². The smallest absolute Gasteiger partial charge is 0.303 e. The predicted molar refractivity (Wildman–Crippen MR) is 175 cm³/mol. The second-order valence-electron chi connectivity index (χ2n) is 11.1. The van der Waals surface area contributed by atoms with Gasteiger partial charge in [-0.1, -0.05) is 67.4 Å². The molecule has 10 heteroatoms. The summed E-state index contributed by atoms with van der Waals surface area (Å²) >= 11 is 0. The van der Waals surface area contributed by atoms with Crippen molar-refractivity contribution >= 4 is 56.7 Å². The van der Waals surface area contributed by atoms with E-state index in [1.165, 1.54) is 24.3 Å². The Morgan fingerprint density at radius 3 is 1.98 bits per heavy atom. The number of nitrogens with one attached hydrogen (secondary N) is 2. The first-order valence-corrected chi connectivity index (χ1v) is 15.1. The van der Waals surface area contributed by atoms with Crippen molar-refractivity contribution in [1.82, 2.24) is 9.97 Å². The van der Waals surface area contributed by atoms with E-state index in [-0.39, 0.29) is 30.7 Å². The zero-order valence-corrected chi connectivity index (χ0v) is 25.1. The van der Waals surface area contributed by atoms with Crippen LogP contribution >= 0.6 is 0 Å². The highest BCUT2D eigenvalue weighted by Gasteiger charge is 2.45. The Bertz CT molecular complexity index is 1790. The lowest BCUT2D eigenvalue weighted by atomic mass is 9.84. The highest BCUT2D eigenvalue weighted by Crippen LogP contribution is 2.30. The molecule has 0 saturated carbocycles. The molecule has 234 valence electrons. The standard InChI is InChI=1S/C36H34N4O6/c41-30(23-26-11-5-9-24-12-7-21-37-33(24)26)36(46,35(45)40-29-14-6-10-25-13-8-22-38-34(25)29)27-17-19-28(20-18-27)39-31(42)15-3-1-2-4-16-32(43)44/h5-14,17-22,46H,1-4,15-16,23H2,(H,39,42)(H,40,45)(H,43,44). The number of pyridine rings is 2. The molecule has 0 radical (unpaired) electrons.